The summed E-state index contributed by atoms with van der Waals surface area (Å²) in [7, 11) is 0.174. The van der Waals surface area contributed by atoms with Gasteiger partial charge in [0.2, 0.25) is 0 Å². The molecule has 1 amide bonds. The Morgan fingerprint density at radius 3 is 2.60 bits per heavy atom. The van der Waals surface area contributed by atoms with Gasteiger partial charge in [0.25, 0.3) is 5.91 Å². The van der Waals surface area contributed by atoms with E-state index in [4.69, 9.17) is 14.0 Å². The normalized spacial score (nSPS) is 35.1. The molecule has 0 radical (unpaired) electrons. The van der Waals surface area contributed by atoms with Crippen LogP contribution in [0.5, 0.6) is 5.75 Å². The molecule has 0 saturated carbocycles. The Balaban J connectivity index is 1.62. The second-order valence-corrected chi connectivity index (χ2v) is 12.6. The molecule has 7 heteroatoms. The summed E-state index contributed by atoms with van der Waals surface area (Å²) in [5.41, 5.74) is 0. The molecule has 0 N–H and O–H groups in total. The van der Waals surface area contributed by atoms with Gasteiger partial charge in [0, 0.05) is 13.6 Å². The molecule has 3 aliphatic heterocycles. The van der Waals surface area contributed by atoms with Gasteiger partial charge in [-0.3, -0.25) is 9.63 Å². The van der Waals surface area contributed by atoms with Gasteiger partial charge < -0.3 is 14.1 Å². The summed E-state index contributed by atoms with van der Waals surface area (Å²) >= 11 is 0. The standard InChI is InChI=1S/C18H26N2O4Si/c1-19-14-10-13(23-19)11-20-15(16(14)24-25(2,3)4)17(18(20)21)22-12-8-6-5-7-9-12/h5-9,13-17H,10-11H2,1-4H3/t13-,14+,15+,16-,17-/m1/s1. The Hall–Kier alpha value is -1.41. The summed E-state index contributed by atoms with van der Waals surface area (Å²) in [5.74, 6) is 0.767. The first-order valence-corrected chi connectivity index (χ1v) is 12.3. The Kier molecular flexibility index (Phi) is 4.14. The lowest BCUT2D eigenvalue weighted by atomic mass is 9.89. The molecule has 1 aromatic rings. The molecule has 0 aliphatic carbocycles. The van der Waals surface area contributed by atoms with Crippen molar-refractivity contribution in [1.29, 1.82) is 0 Å². The number of fused-ring (bicyclic) bond motifs is 3. The van der Waals surface area contributed by atoms with E-state index in [0.717, 1.165) is 12.2 Å². The molecule has 5 atom stereocenters. The maximum Gasteiger partial charge on any atom is 0.266 e. The maximum absolute atomic E-state index is 12.7. The number of para-hydroxylation sites is 1. The summed E-state index contributed by atoms with van der Waals surface area (Å²) in [6.07, 6.45) is 0.380. The third-order valence-corrected chi connectivity index (χ3v) is 6.07. The van der Waals surface area contributed by atoms with Crippen LogP contribution in [0.25, 0.3) is 0 Å². The van der Waals surface area contributed by atoms with Crippen molar-refractivity contribution in [3.63, 3.8) is 0 Å². The molecular formula is C18H26N2O4Si. The fourth-order valence-electron chi connectivity index (χ4n) is 4.09. The Morgan fingerprint density at radius 2 is 1.92 bits per heavy atom. The smallest absolute Gasteiger partial charge is 0.266 e. The number of amides is 1. The monoisotopic (exact) mass is 362 g/mol. The molecule has 0 unspecified atom stereocenters. The van der Waals surface area contributed by atoms with Crippen LogP contribution in [0, 0.1) is 0 Å². The van der Waals surface area contributed by atoms with Crippen LogP contribution in [0.4, 0.5) is 0 Å². The van der Waals surface area contributed by atoms with Crippen LogP contribution in [0.3, 0.4) is 0 Å². The Morgan fingerprint density at radius 1 is 1.20 bits per heavy atom. The number of carbonyl (C=O) groups is 1. The van der Waals surface area contributed by atoms with Gasteiger partial charge in [0.05, 0.1) is 18.2 Å². The molecule has 4 rings (SSSR count). The van der Waals surface area contributed by atoms with Gasteiger partial charge in [-0.25, -0.2) is 0 Å². The number of hydroxylamine groups is 2. The number of ether oxygens (including phenoxy) is 1. The van der Waals surface area contributed by atoms with Crippen molar-refractivity contribution in [2.24, 2.45) is 0 Å². The highest BCUT2D eigenvalue weighted by molar-refractivity contribution is 6.69. The summed E-state index contributed by atoms with van der Waals surface area (Å²) in [6.45, 7) is 7.17. The van der Waals surface area contributed by atoms with Crippen molar-refractivity contribution in [2.75, 3.05) is 13.6 Å². The molecule has 1 aromatic carbocycles. The van der Waals surface area contributed by atoms with Gasteiger partial charge in [0.15, 0.2) is 14.4 Å². The average Bonchev–Trinajstić information content (AvgIpc) is 2.85. The molecule has 0 aromatic heterocycles. The van der Waals surface area contributed by atoms with E-state index >= 15 is 0 Å². The number of rotatable bonds is 4. The quantitative estimate of drug-likeness (QED) is 0.605. The van der Waals surface area contributed by atoms with Crippen molar-refractivity contribution in [3.05, 3.63) is 30.3 Å². The molecule has 3 saturated heterocycles. The SMILES string of the molecule is CN1O[C@@H]2C[C@H]1[C@@H](O[Si](C)(C)C)[C@H]1[C@@H](Oc3ccccc3)C(=O)N1C2. The van der Waals surface area contributed by atoms with E-state index in [2.05, 4.69) is 19.6 Å². The molecule has 3 heterocycles. The summed E-state index contributed by atoms with van der Waals surface area (Å²) in [5, 5.41) is 1.93. The van der Waals surface area contributed by atoms with Gasteiger partial charge in [-0.15, -0.1) is 0 Å². The highest BCUT2D eigenvalue weighted by Gasteiger charge is 2.60. The molecular weight excluding hydrogens is 336 g/mol. The fraction of sp³-hybridized carbons (Fsp3) is 0.611. The van der Waals surface area contributed by atoms with Gasteiger partial charge in [0.1, 0.15) is 11.8 Å². The number of hydrogen-bond donors (Lipinski definition) is 0. The predicted octanol–water partition coefficient (Wildman–Crippen LogP) is 1.88. The lowest BCUT2D eigenvalue weighted by Crippen LogP contribution is -2.74. The topological polar surface area (TPSA) is 51.2 Å². The average molecular weight is 363 g/mol. The number of likely N-dealkylation sites (N-methyl/N-ethyl adjacent to an activating group) is 1. The van der Waals surface area contributed by atoms with E-state index in [0.29, 0.717) is 6.54 Å². The number of nitrogens with zero attached hydrogens (tertiary/aromatic N) is 2. The zero-order chi connectivity index (χ0) is 17.8. The molecule has 0 spiro atoms. The van der Waals surface area contributed by atoms with Gasteiger partial charge in [-0.1, -0.05) is 18.2 Å². The third-order valence-electron chi connectivity index (χ3n) is 5.10. The number of hydrogen-bond acceptors (Lipinski definition) is 5. The van der Waals surface area contributed by atoms with Crippen molar-refractivity contribution in [2.45, 2.75) is 56.5 Å². The van der Waals surface area contributed by atoms with Crippen molar-refractivity contribution < 1.29 is 18.8 Å². The second-order valence-electron chi connectivity index (χ2n) is 8.10. The minimum atomic E-state index is -1.79. The van der Waals surface area contributed by atoms with E-state index in [1.165, 1.54) is 0 Å². The van der Waals surface area contributed by atoms with Crippen LogP contribution in [-0.4, -0.2) is 68.2 Å². The van der Waals surface area contributed by atoms with Crippen molar-refractivity contribution in [1.82, 2.24) is 9.96 Å². The van der Waals surface area contributed by atoms with Gasteiger partial charge in [-0.2, -0.15) is 5.06 Å². The van der Waals surface area contributed by atoms with E-state index < -0.39 is 14.4 Å². The minimum Gasteiger partial charge on any atom is -0.478 e. The number of benzene rings is 1. The molecule has 6 nitrogen and oxygen atoms in total. The van der Waals surface area contributed by atoms with Gasteiger partial charge >= 0.3 is 0 Å². The lowest BCUT2D eigenvalue weighted by Gasteiger charge is -2.52. The maximum atomic E-state index is 12.7. The largest absolute Gasteiger partial charge is 0.478 e. The highest BCUT2D eigenvalue weighted by atomic mass is 28.4. The molecule has 3 fully saturated rings. The zero-order valence-corrected chi connectivity index (χ0v) is 16.2. The fourth-order valence-corrected chi connectivity index (χ4v) is 5.20. The lowest BCUT2D eigenvalue weighted by molar-refractivity contribution is -0.212. The number of β-lactam (4-membered cyclic amide) rings is 1. The van der Waals surface area contributed by atoms with Crippen LogP contribution < -0.4 is 4.74 Å². The molecule has 136 valence electrons. The first-order valence-electron chi connectivity index (χ1n) is 8.93. The molecule has 3 aliphatic rings. The molecule has 2 bridgehead atoms. The number of carbonyl (C=O) groups excluding carboxylic acids is 1. The molecule has 25 heavy (non-hydrogen) atoms. The van der Waals surface area contributed by atoms with Crippen LogP contribution in [-0.2, 0) is 14.1 Å². The van der Waals surface area contributed by atoms with Crippen LogP contribution >= 0.6 is 0 Å². The summed E-state index contributed by atoms with van der Waals surface area (Å²) in [6, 6.07) is 9.66. The third kappa shape index (κ3) is 3.10. The van der Waals surface area contributed by atoms with Crippen LogP contribution in [0.2, 0.25) is 19.6 Å². The van der Waals surface area contributed by atoms with Crippen LogP contribution in [0.1, 0.15) is 6.42 Å². The zero-order valence-electron chi connectivity index (χ0n) is 15.2. The first kappa shape index (κ1) is 17.0. The minimum absolute atomic E-state index is 0.0387. The van der Waals surface area contributed by atoms with E-state index in [1.54, 1.807) is 0 Å². The van der Waals surface area contributed by atoms with Gasteiger partial charge in [-0.05, 0) is 38.2 Å². The van der Waals surface area contributed by atoms with E-state index in [1.807, 2.05) is 47.3 Å². The Bertz CT molecular complexity index is 650. The van der Waals surface area contributed by atoms with Crippen LogP contribution in [0.15, 0.2) is 30.3 Å². The van der Waals surface area contributed by atoms with Crippen molar-refractivity contribution in [3.8, 4) is 5.75 Å². The predicted molar refractivity (Wildman–Crippen MR) is 95.6 cm³/mol. The highest BCUT2D eigenvalue weighted by Crippen LogP contribution is 2.40. The van der Waals surface area contributed by atoms with Crippen molar-refractivity contribution >= 4 is 14.2 Å². The summed E-state index contributed by atoms with van der Waals surface area (Å²) in [4.78, 5) is 20.5. The Labute approximate surface area is 149 Å². The second kappa shape index (κ2) is 6.09. The van der Waals surface area contributed by atoms with E-state index in [9.17, 15) is 4.79 Å². The van der Waals surface area contributed by atoms with E-state index in [-0.39, 0.29) is 30.2 Å². The first-order chi connectivity index (χ1) is 11.8. The summed E-state index contributed by atoms with van der Waals surface area (Å²) < 4.78 is 12.6.